The largest absolute Gasteiger partial charge is 0.726 e. The van der Waals surface area contributed by atoms with E-state index in [1.807, 2.05) is 14.1 Å². The Bertz CT molecular complexity index is 948. The monoisotopic (exact) mass is 413 g/mol. The topological polar surface area (TPSA) is 151 Å². The lowest BCUT2D eigenvalue weighted by Gasteiger charge is -2.11. The number of pyridine rings is 1. The minimum Gasteiger partial charge on any atom is -0.726 e. The predicted molar refractivity (Wildman–Crippen MR) is 97.4 cm³/mol. The molecule has 0 N–H and O–H groups in total. The fourth-order valence-electron chi connectivity index (χ4n) is 1.78. The molecule has 13 heteroatoms. The summed E-state index contributed by atoms with van der Waals surface area (Å²) in [6.45, 7) is 0. The second kappa shape index (κ2) is 10.2. The van der Waals surface area contributed by atoms with E-state index in [9.17, 15) is 23.1 Å². The van der Waals surface area contributed by atoms with Crippen LogP contribution in [0.25, 0.3) is 0 Å². The zero-order chi connectivity index (χ0) is 21.3. The van der Waals surface area contributed by atoms with Gasteiger partial charge in [0.15, 0.2) is 5.69 Å². The molecule has 1 heterocycles. The molecule has 28 heavy (non-hydrogen) atoms. The molecule has 0 fully saturated rings. The van der Waals surface area contributed by atoms with Crippen LogP contribution >= 0.6 is 0 Å². The van der Waals surface area contributed by atoms with Gasteiger partial charge >= 0.3 is 11.5 Å². The molecule has 0 amide bonds. The maximum absolute atomic E-state index is 11.2. The number of hydrogen-bond donors (Lipinski definition) is 0. The third-order valence-electron chi connectivity index (χ3n) is 3.14. The zero-order valence-corrected chi connectivity index (χ0v) is 16.4. The van der Waals surface area contributed by atoms with Crippen LogP contribution in [0.1, 0.15) is 0 Å². The summed E-state index contributed by atoms with van der Waals surface area (Å²) in [6.07, 6.45) is 1.66. The summed E-state index contributed by atoms with van der Waals surface area (Å²) in [5.41, 5.74) is 0.800. The summed E-state index contributed by atoms with van der Waals surface area (Å²) in [5.74, 6) is 0.427. The van der Waals surface area contributed by atoms with Gasteiger partial charge in [0.25, 0.3) is 0 Å². The number of aromatic nitrogens is 1. The SMILES string of the molecule is COS(=O)(=O)[O-].CO[n+]1ccccc1N=Nc1ccc(N(C)C)cc1[N+](=O)[O-]. The molecule has 0 aliphatic carbocycles. The van der Waals surface area contributed by atoms with Crippen molar-refractivity contribution in [1.29, 1.82) is 0 Å². The highest BCUT2D eigenvalue weighted by molar-refractivity contribution is 7.80. The van der Waals surface area contributed by atoms with Crippen molar-refractivity contribution >= 4 is 33.3 Å². The molecule has 1 aromatic heterocycles. The first-order valence-corrected chi connectivity index (χ1v) is 8.86. The van der Waals surface area contributed by atoms with Crippen molar-refractivity contribution in [2.24, 2.45) is 10.2 Å². The van der Waals surface area contributed by atoms with E-state index in [4.69, 9.17) is 4.84 Å². The Morgan fingerprint density at radius 2 is 1.79 bits per heavy atom. The van der Waals surface area contributed by atoms with Crippen LogP contribution in [0.3, 0.4) is 0 Å². The van der Waals surface area contributed by atoms with Crippen LogP contribution in [0, 0.1) is 10.1 Å². The van der Waals surface area contributed by atoms with Gasteiger partial charge in [0.2, 0.25) is 10.4 Å². The van der Waals surface area contributed by atoms with Gasteiger partial charge in [-0.25, -0.2) is 8.42 Å². The van der Waals surface area contributed by atoms with Crippen LogP contribution in [0.4, 0.5) is 22.9 Å². The minimum absolute atomic E-state index is 0.102. The van der Waals surface area contributed by atoms with E-state index >= 15 is 0 Å². The molecular formula is C15H19N5O7S. The van der Waals surface area contributed by atoms with E-state index < -0.39 is 15.3 Å². The molecule has 0 radical (unpaired) electrons. The lowest BCUT2D eigenvalue weighted by Crippen LogP contribution is -2.39. The van der Waals surface area contributed by atoms with Gasteiger partial charge in [-0.1, -0.05) is 0 Å². The average Bonchev–Trinajstić information content (AvgIpc) is 2.66. The van der Waals surface area contributed by atoms with E-state index in [0.29, 0.717) is 5.82 Å². The molecule has 12 nitrogen and oxygen atoms in total. The Morgan fingerprint density at radius 3 is 2.29 bits per heavy atom. The molecule has 0 aliphatic heterocycles. The van der Waals surface area contributed by atoms with Crippen molar-refractivity contribution in [3.05, 3.63) is 52.7 Å². The first kappa shape index (κ1) is 22.9. The predicted octanol–water partition coefficient (Wildman–Crippen LogP) is 1.52. The molecule has 0 saturated carbocycles. The van der Waals surface area contributed by atoms with Gasteiger partial charge in [-0.2, -0.15) is 0 Å². The molecule has 0 aliphatic rings. The first-order valence-electron chi connectivity index (χ1n) is 7.53. The van der Waals surface area contributed by atoms with Crippen molar-refractivity contribution in [2.75, 3.05) is 33.2 Å². The summed E-state index contributed by atoms with van der Waals surface area (Å²) >= 11 is 0. The summed E-state index contributed by atoms with van der Waals surface area (Å²) in [4.78, 5) is 17.6. The summed E-state index contributed by atoms with van der Waals surface area (Å²) in [5, 5.41) is 19.2. The van der Waals surface area contributed by atoms with Crippen molar-refractivity contribution in [3.8, 4) is 0 Å². The van der Waals surface area contributed by atoms with Crippen LogP contribution in [-0.4, -0.2) is 46.2 Å². The van der Waals surface area contributed by atoms with Gasteiger partial charge in [-0.05, 0) is 34.1 Å². The van der Waals surface area contributed by atoms with E-state index in [1.165, 1.54) is 17.9 Å². The Morgan fingerprint density at radius 1 is 1.14 bits per heavy atom. The normalized spacial score (nSPS) is 10.9. The first-order chi connectivity index (χ1) is 13.1. The maximum Gasteiger partial charge on any atom is 0.388 e. The van der Waals surface area contributed by atoms with Crippen molar-refractivity contribution < 1.29 is 31.6 Å². The molecule has 0 atom stereocenters. The molecule has 152 valence electrons. The molecule has 2 aromatic rings. The number of nitrogens with zero attached hydrogens (tertiary/aromatic N) is 5. The lowest BCUT2D eigenvalue weighted by molar-refractivity contribution is -0.875. The van der Waals surface area contributed by atoms with Gasteiger partial charge in [0.05, 0.1) is 17.1 Å². The smallest absolute Gasteiger partial charge is 0.388 e. The third kappa shape index (κ3) is 7.22. The molecule has 2 rings (SSSR count). The molecule has 0 bridgehead atoms. The number of rotatable bonds is 6. The summed E-state index contributed by atoms with van der Waals surface area (Å²) in [6, 6.07) is 10.0. The van der Waals surface area contributed by atoms with Crippen molar-refractivity contribution in [3.63, 3.8) is 0 Å². The number of nitro benzene ring substituents is 1. The van der Waals surface area contributed by atoms with Crippen LogP contribution in [0.2, 0.25) is 0 Å². The second-order valence-electron chi connectivity index (χ2n) is 5.17. The fourth-order valence-corrected chi connectivity index (χ4v) is 1.78. The minimum atomic E-state index is -4.41. The molecule has 0 unspecified atom stereocenters. The van der Waals surface area contributed by atoms with Gasteiger partial charge in [-0.3, -0.25) is 14.3 Å². The maximum atomic E-state index is 11.2. The summed E-state index contributed by atoms with van der Waals surface area (Å²) in [7, 11) is 1.51. The Kier molecular flexibility index (Phi) is 8.37. The van der Waals surface area contributed by atoms with E-state index in [0.717, 1.165) is 12.8 Å². The molecule has 1 aromatic carbocycles. The van der Waals surface area contributed by atoms with Gasteiger partial charge < -0.3 is 14.3 Å². The van der Waals surface area contributed by atoms with Crippen LogP contribution in [0.15, 0.2) is 52.8 Å². The standard InChI is InChI=1S/C14H16N5O3.CH4O4S/c1-17(2)11-7-8-12(13(10-11)19(20)21)15-16-14-6-4-5-9-18(14)22-3;1-5-6(2,3)4/h4-10H,1-3H3;1H3,(H,2,3,4)/q+1;/p-1. The van der Waals surface area contributed by atoms with Gasteiger partial charge in [-0.15, -0.1) is 0 Å². The summed E-state index contributed by atoms with van der Waals surface area (Å²) < 4.78 is 32.4. The van der Waals surface area contributed by atoms with E-state index in [-0.39, 0.29) is 11.4 Å². The van der Waals surface area contributed by atoms with E-state index in [2.05, 4.69) is 14.4 Å². The average molecular weight is 413 g/mol. The van der Waals surface area contributed by atoms with Gasteiger partial charge in [0.1, 0.15) is 13.3 Å². The lowest BCUT2D eigenvalue weighted by atomic mass is 10.2. The van der Waals surface area contributed by atoms with Crippen LogP contribution < -0.4 is 14.5 Å². The van der Waals surface area contributed by atoms with Crippen LogP contribution in [0.5, 0.6) is 0 Å². The number of nitro groups is 1. The highest BCUT2D eigenvalue weighted by Crippen LogP contribution is 2.32. The van der Waals surface area contributed by atoms with Crippen molar-refractivity contribution in [2.45, 2.75) is 0 Å². The molecular weight excluding hydrogens is 394 g/mol. The zero-order valence-electron chi connectivity index (χ0n) is 15.5. The molecule has 0 saturated heterocycles. The number of hydrogen-bond acceptors (Lipinski definition) is 10. The quantitative estimate of drug-likeness (QED) is 0.173. The highest BCUT2D eigenvalue weighted by atomic mass is 32.3. The Labute approximate surface area is 161 Å². The Balaban J connectivity index is 0.000000568. The number of azo groups is 1. The van der Waals surface area contributed by atoms with Crippen LogP contribution in [-0.2, 0) is 14.6 Å². The third-order valence-corrected chi connectivity index (χ3v) is 3.55. The number of benzene rings is 1. The molecule has 0 spiro atoms. The van der Waals surface area contributed by atoms with Crippen molar-refractivity contribution in [1.82, 2.24) is 0 Å². The van der Waals surface area contributed by atoms with Gasteiger partial charge in [0, 0.05) is 31.9 Å². The fraction of sp³-hybridized carbons (Fsp3) is 0.267. The second-order valence-corrected chi connectivity index (χ2v) is 6.32. The number of anilines is 1. The van der Waals surface area contributed by atoms with E-state index in [1.54, 1.807) is 41.4 Å². The highest BCUT2D eigenvalue weighted by Gasteiger charge is 2.18. The Hall–Kier alpha value is -3.16.